The molecule has 0 bridgehead atoms. The molecule has 7 atom stereocenters. The molecular formula is C59H70N10O9. The number of allylic oxidation sites excluding steroid dienone is 3. The summed E-state index contributed by atoms with van der Waals surface area (Å²) in [5.74, 6) is -3.92. The van der Waals surface area contributed by atoms with Crippen LogP contribution in [0.25, 0.3) is 10.9 Å². The topological polar surface area (TPSA) is 281 Å². The molecule has 7 rings (SSSR count). The quantitative estimate of drug-likeness (QED) is 0.0425. The molecule has 2 fully saturated rings. The molecule has 7 amide bonds. The minimum atomic E-state index is -1.52. The predicted molar refractivity (Wildman–Crippen MR) is 296 cm³/mol. The standard InChI is InChI=1S/C59H70N10O9/c1-3-4-7-16-38(2)52-57(74)66-49(33-42-35-63-46-22-13-12-21-45(42)46)55(72)64-47(23-14-15-28-60)53(70)65-48(31-40-24-26-43(27-25-40)77-37-41-19-10-6-11-20-41)54(71)67-50(32-39-17-8-5-9-18-39)58(75)69-36-44(34-51(69)56(73)68-52)78-59(76)62-30-29-61/h3-13,16-22,24-27,35,44,47-52,63H,2,14-15,23,28-34,36-37,60-61H2,1H3,(H,62,76)(H,64,72)(H,65,70)(H,66,74)(H,67,71)(H,68,73)/b4-3-,16-7-/t44-,47+,48+,49-,50+,51+,52+/m1/s1. The molecule has 2 aliphatic heterocycles. The van der Waals surface area contributed by atoms with Gasteiger partial charge in [0.2, 0.25) is 35.4 Å². The second kappa shape index (κ2) is 28.5. The Hall–Kier alpha value is -8.55. The van der Waals surface area contributed by atoms with Gasteiger partial charge in [-0.3, -0.25) is 28.8 Å². The highest BCUT2D eigenvalue weighted by Gasteiger charge is 2.45. The van der Waals surface area contributed by atoms with Crippen LogP contribution in [0.4, 0.5) is 4.79 Å². The van der Waals surface area contributed by atoms with Crippen LogP contribution in [0.3, 0.4) is 0 Å². The van der Waals surface area contributed by atoms with Crippen molar-refractivity contribution in [1.29, 1.82) is 0 Å². The Morgan fingerprint density at radius 3 is 2.00 bits per heavy atom. The summed E-state index contributed by atoms with van der Waals surface area (Å²) in [6, 6.07) is 24.9. The van der Waals surface area contributed by atoms with Crippen molar-refractivity contribution < 1.29 is 43.0 Å². The number of benzene rings is 4. The highest BCUT2D eigenvalue weighted by atomic mass is 16.6. The van der Waals surface area contributed by atoms with Gasteiger partial charge in [-0.25, -0.2) is 4.79 Å². The molecule has 0 saturated carbocycles. The van der Waals surface area contributed by atoms with Gasteiger partial charge in [0.25, 0.3) is 0 Å². The lowest BCUT2D eigenvalue weighted by molar-refractivity contribution is -0.142. The lowest BCUT2D eigenvalue weighted by Gasteiger charge is -2.32. The minimum absolute atomic E-state index is 0.0555. The van der Waals surface area contributed by atoms with Gasteiger partial charge in [0.1, 0.15) is 54.7 Å². The number of nitrogens with zero attached hydrogens (tertiary/aromatic N) is 1. The summed E-state index contributed by atoms with van der Waals surface area (Å²) in [5.41, 5.74) is 15.4. The van der Waals surface area contributed by atoms with E-state index in [9.17, 15) is 24.0 Å². The Morgan fingerprint density at radius 2 is 1.29 bits per heavy atom. The van der Waals surface area contributed by atoms with Gasteiger partial charge >= 0.3 is 6.09 Å². The van der Waals surface area contributed by atoms with Gasteiger partial charge in [-0.15, -0.1) is 0 Å². The molecule has 78 heavy (non-hydrogen) atoms. The van der Waals surface area contributed by atoms with E-state index in [1.54, 1.807) is 85.9 Å². The van der Waals surface area contributed by atoms with E-state index < -0.39 is 83.9 Å². The predicted octanol–water partition coefficient (Wildman–Crippen LogP) is 3.68. The number of hydrogen-bond acceptors (Lipinski definition) is 11. The molecule has 11 N–H and O–H groups in total. The summed E-state index contributed by atoms with van der Waals surface area (Å²) in [4.78, 5) is 107. The van der Waals surface area contributed by atoms with Gasteiger partial charge in [-0.05, 0) is 78.8 Å². The van der Waals surface area contributed by atoms with Gasteiger partial charge < -0.3 is 62.7 Å². The van der Waals surface area contributed by atoms with Crippen LogP contribution in [0.15, 0.2) is 152 Å². The molecular weight excluding hydrogens is 993 g/mol. The smallest absolute Gasteiger partial charge is 0.407 e. The number of ether oxygens (including phenoxy) is 2. The normalized spacial score (nSPS) is 21.7. The molecule has 0 unspecified atom stereocenters. The Kier molecular flexibility index (Phi) is 20.9. The zero-order valence-electron chi connectivity index (χ0n) is 43.8. The molecule has 19 nitrogen and oxygen atoms in total. The van der Waals surface area contributed by atoms with Gasteiger partial charge in [-0.2, -0.15) is 0 Å². The second-order valence-electron chi connectivity index (χ2n) is 19.3. The van der Waals surface area contributed by atoms with Crippen LogP contribution >= 0.6 is 0 Å². The number of fused-ring (bicyclic) bond motifs is 2. The summed E-state index contributed by atoms with van der Waals surface area (Å²) >= 11 is 0. The van der Waals surface area contributed by atoms with Crippen molar-refractivity contribution in [3.05, 3.63) is 174 Å². The van der Waals surface area contributed by atoms with E-state index in [1.807, 2.05) is 54.6 Å². The number of carbonyl (C=O) groups is 7. The number of amides is 7. The number of nitrogens with two attached hydrogens (primary N) is 2. The van der Waals surface area contributed by atoms with Crippen LogP contribution in [0, 0.1) is 0 Å². The largest absolute Gasteiger partial charge is 0.489 e. The fourth-order valence-corrected chi connectivity index (χ4v) is 9.41. The van der Waals surface area contributed by atoms with Gasteiger partial charge in [0.05, 0.1) is 6.54 Å². The first-order valence-corrected chi connectivity index (χ1v) is 26.3. The fourth-order valence-electron chi connectivity index (χ4n) is 9.41. The highest BCUT2D eigenvalue weighted by Crippen LogP contribution is 2.25. The highest BCUT2D eigenvalue weighted by molar-refractivity contribution is 6.00. The average Bonchev–Trinajstić information content (AvgIpc) is 4.08. The fraction of sp³-hybridized carbons (Fsp3) is 0.339. The van der Waals surface area contributed by atoms with E-state index in [4.69, 9.17) is 20.9 Å². The lowest BCUT2D eigenvalue weighted by atomic mass is 9.99. The third-order valence-electron chi connectivity index (χ3n) is 13.5. The summed E-state index contributed by atoms with van der Waals surface area (Å²) < 4.78 is 11.8. The van der Waals surface area contributed by atoms with E-state index >= 15 is 9.59 Å². The number of para-hydroxylation sites is 1. The Bertz CT molecular complexity index is 2930. The number of H-pyrrole nitrogens is 1. The van der Waals surface area contributed by atoms with Crippen LogP contribution < -0.4 is 48.1 Å². The molecule has 19 heteroatoms. The lowest BCUT2D eigenvalue weighted by Crippen LogP contribution is -2.62. The maximum absolute atomic E-state index is 15.3. The second-order valence-corrected chi connectivity index (χ2v) is 19.3. The summed E-state index contributed by atoms with van der Waals surface area (Å²) in [6.07, 6.45) is 7.14. The average molecular weight is 1060 g/mol. The Morgan fingerprint density at radius 1 is 0.679 bits per heavy atom. The molecule has 0 radical (unpaired) electrons. The number of nitrogens with one attached hydrogen (secondary N) is 7. The van der Waals surface area contributed by atoms with Crippen LogP contribution in [0.1, 0.15) is 54.9 Å². The third kappa shape index (κ3) is 16.0. The van der Waals surface area contributed by atoms with Crippen molar-refractivity contribution in [2.45, 2.75) is 101 Å². The van der Waals surface area contributed by atoms with Crippen LogP contribution in [0.2, 0.25) is 0 Å². The summed E-state index contributed by atoms with van der Waals surface area (Å²) in [5, 5.41) is 17.7. The number of rotatable bonds is 19. The van der Waals surface area contributed by atoms with Crippen molar-refractivity contribution in [1.82, 2.24) is 41.8 Å². The van der Waals surface area contributed by atoms with Crippen molar-refractivity contribution >= 4 is 52.4 Å². The van der Waals surface area contributed by atoms with Crippen LogP contribution in [0.5, 0.6) is 5.75 Å². The molecule has 3 heterocycles. The first kappa shape index (κ1) is 57.2. The zero-order valence-corrected chi connectivity index (χ0v) is 43.8. The first-order chi connectivity index (χ1) is 37.8. The van der Waals surface area contributed by atoms with E-state index in [2.05, 4.69) is 43.5 Å². The molecule has 2 aliphatic rings. The van der Waals surface area contributed by atoms with Crippen molar-refractivity contribution in [3.63, 3.8) is 0 Å². The van der Waals surface area contributed by atoms with Crippen LogP contribution in [-0.2, 0) is 59.4 Å². The number of carbonyl (C=O) groups excluding carboxylic acids is 7. The zero-order chi connectivity index (χ0) is 55.4. The van der Waals surface area contributed by atoms with E-state index in [0.29, 0.717) is 48.4 Å². The van der Waals surface area contributed by atoms with Crippen molar-refractivity contribution in [3.8, 4) is 5.75 Å². The van der Waals surface area contributed by atoms with Gasteiger partial charge in [0.15, 0.2) is 0 Å². The Labute approximate surface area is 454 Å². The summed E-state index contributed by atoms with van der Waals surface area (Å²) in [6.45, 7) is 6.51. The molecule has 0 aliphatic carbocycles. The van der Waals surface area contributed by atoms with Gasteiger partial charge in [0, 0.05) is 55.9 Å². The molecule has 5 aromatic rings. The van der Waals surface area contributed by atoms with Crippen molar-refractivity contribution in [2.24, 2.45) is 11.5 Å². The van der Waals surface area contributed by atoms with E-state index in [1.165, 1.54) is 11.0 Å². The third-order valence-corrected chi connectivity index (χ3v) is 13.5. The maximum atomic E-state index is 15.3. The van der Waals surface area contributed by atoms with Crippen LogP contribution in [-0.4, -0.2) is 120 Å². The summed E-state index contributed by atoms with van der Waals surface area (Å²) in [7, 11) is 0. The number of unbranched alkanes of at least 4 members (excludes halogenated alkanes) is 1. The molecule has 1 aromatic heterocycles. The monoisotopic (exact) mass is 1060 g/mol. The van der Waals surface area contributed by atoms with Gasteiger partial charge in [-0.1, -0.05) is 122 Å². The first-order valence-electron chi connectivity index (χ1n) is 26.3. The molecule has 410 valence electrons. The minimum Gasteiger partial charge on any atom is -0.489 e. The number of aromatic nitrogens is 1. The van der Waals surface area contributed by atoms with Crippen molar-refractivity contribution in [2.75, 3.05) is 26.2 Å². The number of aromatic amines is 1. The molecule has 0 spiro atoms. The number of alkyl carbamates (subject to hydrolysis) is 1. The molecule has 2 saturated heterocycles. The number of hydrogen-bond donors (Lipinski definition) is 9. The maximum Gasteiger partial charge on any atom is 0.407 e. The molecule has 4 aromatic carbocycles. The SMILES string of the molecule is C=C(/C=C\C=C/C)[C@@H]1NC(=O)[C@@H]2C[C@@H](OC(=O)NCCN)CN2C(=O)[C@H](Cc2ccccc2)NC(=O)[C@H](Cc2ccc(OCc3ccccc3)cc2)NC(=O)[C@H](CCCCN)NC(=O)[C@@H](Cc2c[nH]c3ccccc23)NC1=O. The van der Waals surface area contributed by atoms with E-state index in [-0.39, 0.29) is 57.3 Å². The Balaban J connectivity index is 1.31. The van der Waals surface area contributed by atoms with E-state index in [0.717, 1.165) is 16.5 Å².